The standard InChI is InChI=1S/C48H76N2O15/c1-15-34-47(9,57)40(53)28(5)36(51)26(3)24-46(8,59-13)41(29(6)37(30(7)44(56)62-34)63-35-22-25(2)39(52)48(10,60-14)65-35)64-45-38(58-12)33(23-27(4)61-45)49(11)20-21-50-42(54)31-18-16-17-19-32(31)43(50)55/h16-19,25-30,33-35,37-41,45,52-53,57H,15,20-24H2,1-14H3/t25-,26-,27-,28+,29+,30-,33+,34-,35-,37+,38-,39+,40-,41-,45+,46+,47-,48-/m1/s1. The summed E-state index contributed by atoms with van der Waals surface area (Å²) in [6.45, 7) is 17.5. The molecule has 0 spiro atoms. The van der Waals surface area contributed by atoms with E-state index in [0.717, 1.165) is 0 Å². The van der Waals surface area contributed by atoms with E-state index in [1.165, 1.54) is 26.0 Å². The van der Waals surface area contributed by atoms with Gasteiger partial charge >= 0.3 is 5.97 Å². The van der Waals surface area contributed by atoms with Crippen LogP contribution < -0.4 is 0 Å². The van der Waals surface area contributed by atoms with Crippen LogP contribution in [0.25, 0.3) is 0 Å². The number of fused-ring (bicyclic) bond motifs is 1. The van der Waals surface area contributed by atoms with E-state index in [9.17, 15) is 34.5 Å². The van der Waals surface area contributed by atoms with Crippen molar-refractivity contribution >= 4 is 23.6 Å². The van der Waals surface area contributed by atoms with Gasteiger partial charge < -0.3 is 53.2 Å². The highest BCUT2D eigenvalue weighted by atomic mass is 16.8. The molecule has 4 aliphatic heterocycles. The van der Waals surface area contributed by atoms with E-state index in [-0.39, 0.29) is 61.5 Å². The summed E-state index contributed by atoms with van der Waals surface area (Å²) < 4.78 is 51.2. The minimum Gasteiger partial charge on any atom is -0.459 e. The normalized spacial score (nSPS) is 42.5. The lowest BCUT2D eigenvalue weighted by Crippen LogP contribution is -2.62. The van der Waals surface area contributed by atoms with E-state index in [2.05, 4.69) is 0 Å². The minimum absolute atomic E-state index is 0.0771. The Hall–Kier alpha value is -2.94. The zero-order valence-electron chi connectivity index (χ0n) is 40.8. The maximum Gasteiger partial charge on any atom is 0.311 e. The number of benzene rings is 1. The molecule has 3 N–H and O–H groups in total. The zero-order valence-corrected chi connectivity index (χ0v) is 40.8. The third-order valence-corrected chi connectivity index (χ3v) is 14.9. The number of likely N-dealkylation sites (N-methyl/N-ethyl adjacent to an activating group) is 1. The van der Waals surface area contributed by atoms with Gasteiger partial charge in [0.15, 0.2) is 18.4 Å². The Kier molecular flexibility index (Phi) is 17.2. The monoisotopic (exact) mass is 921 g/mol. The smallest absolute Gasteiger partial charge is 0.311 e. The number of carbonyl (C=O) groups excluding carboxylic acids is 4. The van der Waals surface area contributed by atoms with E-state index in [0.29, 0.717) is 24.1 Å². The lowest BCUT2D eigenvalue weighted by Gasteiger charge is -2.50. The number of cyclic esters (lactones) is 1. The number of rotatable bonds is 12. The second-order valence-electron chi connectivity index (χ2n) is 19.7. The molecule has 65 heavy (non-hydrogen) atoms. The molecule has 0 bridgehead atoms. The number of ether oxygens (including phenoxy) is 8. The Labute approximate surface area is 384 Å². The van der Waals surface area contributed by atoms with E-state index < -0.39 is 95.8 Å². The van der Waals surface area contributed by atoms with Gasteiger partial charge in [0.1, 0.15) is 29.7 Å². The largest absolute Gasteiger partial charge is 0.459 e. The molecule has 17 nitrogen and oxygen atoms in total. The Balaban J connectivity index is 1.55. The minimum atomic E-state index is -2.00. The van der Waals surface area contributed by atoms with Crippen molar-refractivity contribution in [1.82, 2.24) is 9.80 Å². The summed E-state index contributed by atoms with van der Waals surface area (Å²) in [4.78, 5) is 58.5. The maximum atomic E-state index is 14.5. The van der Waals surface area contributed by atoms with Crippen molar-refractivity contribution in [2.24, 2.45) is 29.6 Å². The zero-order chi connectivity index (χ0) is 48.5. The van der Waals surface area contributed by atoms with Crippen LogP contribution in [-0.2, 0) is 47.5 Å². The van der Waals surface area contributed by atoms with Crippen LogP contribution in [0.1, 0.15) is 116 Å². The number of nitrogens with zero attached hydrogens (tertiary/aromatic N) is 2. The summed E-state index contributed by atoms with van der Waals surface area (Å²) in [5.74, 6) is -7.17. The van der Waals surface area contributed by atoms with E-state index in [1.807, 2.05) is 39.6 Å². The molecule has 4 aliphatic rings. The predicted molar refractivity (Wildman–Crippen MR) is 236 cm³/mol. The Morgan fingerprint density at radius 2 is 1.46 bits per heavy atom. The van der Waals surface area contributed by atoms with Crippen molar-refractivity contribution in [2.45, 2.75) is 173 Å². The average Bonchev–Trinajstić information content (AvgIpc) is 3.52. The van der Waals surface area contributed by atoms with Gasteiger partial charge in [-0.1, -0.05) is 46.8 Å². The second kappa shape index (κ2) is 21.1. The molecule has 18 atom stereocenters. The first-order valence-electron chi connectivity index (χ1n) is 23.2. The van der Waals surface area contributed by atoms with Gasteiger partial charge in [-0.25, -0.2) is 0 Å². The molecule has 5 rings (SSSR count). The van der Waals surface area contributed by atoms with Crippen molar-refractivity contribution in [3.05, 3.63) is 35.4 Å². The fourth-order valence-electron chi connectivity index (χ4n) is 10.6. The molecule has 3 saturated heterocycles. The SMILES string of the molecule is CC[C@H]1OC(=O)[C@H](C)[C@@H](O[C@H]2C[C@@H](C)[C@H](O)[C@](C)(OC)O2)[C@H](C)[C@@H](O[C@@H]2O[C@H](C)C[C@H](N(C)CCN3C(=O)c4ccccc4C3=O)[C@H]2OC)[C@@](C)(OC)C[C@@H](C)C(=O)[C@H](C)[C@@H](O)[C@]1(C)O. The quantitative estimate of drug-likeness (QED) is 0.200. The highest BCUT2D eigenvalue weighted by Gasteiger charge is 2.54. The summed E-state index contributed by atoms with van der Waals surface area (Å²) in [7, 11) is 6.38. The van der Waals surface area contributed by atoms with Gasteiger partial charge in [0, 0.05) is 64.6 Å². The van der Waals surface area contributed by atoms with E-state index in [1.54, 1.807) is 66.0 Å². The van der Waals surface area contributed by atoms with Crippen LogP contribution in [0.4, 0.5) is 0 Å². The van der Waals surface area contributed by atoms with Gasteiger partial charge in [-0.15, -0.1) is 0 Å². The van der Waals surface area contributed by atoms with Crippen molar-refractivity contribution in [3.8, 4) is 0 Å². The lowest BCUT2D eigenvalue weighted by atomic mass is 9.74. The number of aliphatic hydroxyl groups excluding tert-OH is 2. The molecule has 2 amide bonds. The number of methoxy groups -OCH3 is 3. The van der Waals surface area contributed by atoms with Crippen LogP contribution in [0.3, 0.4) is 0 Å². The molecule has 368 valence electrons. The van der Waals surface area contributed by atoms with Gasteiger partial charge in [-0.2, -0.15) is 0 Å². The van der Waals surface area contributed by atoms with Gasteiger partial charge in [-0.05, 0) is 79.0 Å². The van der Waals surface area contributed by atoms with Crippen LogP contribution in [0.5, 0.6) is 0 Å². The summed E-state index contributed by atoms with van der Waals surface area (Å²) in [5.41, 5.74) is -2.56. The number of esters is 1. The van der Waals surface area contributed by atoms with Crippen LogP contribution in [0.2, 0.25) is 0 Å². The fraction of sp³-hybridized carbons (Fsp3) is 0.792. The summed E-state index contributed by atoms with van der Waals surface area (Å²) in [6.07, 6.45) is -8.01. The van der Waals surface area contributed by atoms with Gasteiger partial charge in [0.25, 0.3) is 11.8 Å². The number of imide groups is 1. The van der Waals surface area contributed by atoms with E-state index in [4.69, 9.17) is 37.9 Å². The lowest BCUT2D eigenvalue weighted by molar-refractivity contribution is -0.371. The fourth-order valence-corrected chi connectivity index (χ4v) is 10.6. The Morgan fingerprint density at radius 1 is 0.846 bits per heavy atom. The van der Waals surface area contributed by atoms with Crippen LogP contribution in [0.15, 0.2) is 24.3 Å². The molecule has 0 radical (unpaired) electrons. The number of amides is 2. The molecule has 0 saturated carbocycles. The first-order chi connectivity index (χ1) is 30.4. The first kappa shape index (κ1) is 53.0. The second-order valence-corrected chi connectivity index (χ2v) is 19.7. The van der Waals surface area contributed by atoms with Crippen LogP contribution in [0, 0.1) is 29.6 Å². The molecular weight excluding hydrogens is 845 g/mol. The Morgan fingerprint density at radius 3 is 2.02 bits per heavy atom. The van der Waals surface area contributed by atoms with Crippen molar-refractivity contribution in [1.29, 1.82) is 0 Å². The first-order valence-corrected chi connectivity index (χ1v) is 23.2. The van der Waals surface area contributed by atoms with Crippen molar-refractivity contribution < 1.29 is 72.4 Å². The number of carbonyl (C=O) groups is 4. The molecule has 1 aromatic carbocycles. The Bertz CT molecular complexity index is 1800. The summed E-state index contributed by atoms with van der Waals surface area (Å²) in [6, 6.07) is 6.44. The highest BCUT2D eigenvalue weighted by Crippen LogP contribution is 2.42. The molecule has 1 aromatic rings. The molecular formula is C48H76N2O15. The number of ketones is 1. The van der Waals surface area contributed by atoms with Crippen molar-refractivity contribution in [3.63, 3.8) is 0 Å². The molecule has 0 unspecified atom stereocenters. The predicted octanol–water partition coefficient (Wildman–Crippen LogP) is 3.97. The van der Waals surface area contributed by atoms with Gasteiger partial charge in [-0.3, -0.25) is 29.0 Å². The molecule has 0 aromatic heterocycles. The van der Waals surface area contributed by atoms with Crippen molar-refractivity contribution in [2.75, 3.05) is 41.5 Å². The van der Waals surface area contributed by atoms with Crippen LogP contribution in [-0.4, -0.2) is 168 Å². The van der Waals surface area contributed by atoms with Gasteiger partial charge in [0.2, 0.25) is 0 Å². The molecule has 3 fully saturated rings. The molecule has 4 heterocycles. The van der Waals surface area contributed by atoms with Gasteiger partial charge in [0.05, 0.1) is 47.1 Å². The molecule has 17 heteroatoms. The third-order valence-electron chi connectivity index (χ3n) is 14.9. The topological polar surface area (TPSA) is 209 Å². The summed E-state index contributed by atoms with van der Waals surface area (Å²) >= 11 is 0. The van der Waals surface area contributed by atoms with Crippen LogP contribution >= 0.6 is 0 Å². The number of Topliss-reactive ketones (excluding diaryl/α,β-unsaturated/α-hetero) is 1. The number of aliphatic hydroxyl groups is 3. The highest BCUT2D eigenvalue weighted by molar-refractivity contribution is 6.21. The molecule has 0 aliphatic carbocycles. The maximum absolute atomic E-state index is 14.5. The number of hydrogen-bond acceptors (Lipinski definition) is 16. The number of hydrogen-bond donors (Lipinski definition) is 3. The third kappa shape index (κ3) is 10.7. The van der Waals surface area contributed by atoms with E-state index >= 15 is 0 Å². The summed E-state index contributed by atoms with van der Waals surface area (Å²) in [5, 5.41) is 34.5. The average molecular weight is 921 g/mol.